The molecule has 1 saturated heterocycles. The quantitative estimate of drug-likeness (QED) is 0.896. The molecule has 0 radical (unpaired) electrons. The Kier molecular flexibility index (Phi) is 5.81. The lowest BCUT2D eigenvalue weighted by Crippen LogP contribution is -2.46. The molecule has 1 aromatic carbocycles. The van der Waals surface area contributed by atoms with Gasteiger partial charge in [-0.1, -0.05) is 24.6 Å². The molecule has 23 heavy (non-hydrogen) atoms. The molecule has 0 saturated carbocycles. The third-order valence-corrected chi connectivity index (χ3v) is 5.93. The van der Waals surface area contributed by atoms with E-state index in [1.165, 1.54) is 0 Å². The number of nitrogens with zero attached hydrogens (tertiary/aromatic N) is 1. The van der Waals surface area contributed by atoms with E-state index in [1.807, 2.05) is 37.8 Å². The smallest absolute Gasteiger partial charge is 0.241 e. The number of hydrogen-bond donors (Lipinski definition) is 1. The zero-order valence-electron chi connectivity index (χ0n) is 14.1. The first kappa shape index (κ1) is 17.9. The van der Waals surface area contributed by atoms with Gasteiger partial charge >= 0.3 is 0 Å². The number of likely N-dealkylation sites (tertiary alicyclic amines) is 1. The van der Waals surface area contributed by atoms with E-state index in [-0.39, 0.29) is 11.9 Å². The first-order valence-corrected chi connectivity index (χ1v) is 9.69. The van der Waals surface area contributed by atoms with Gasteiger partial charge in [0.25, 0.3) is 0 Å². The Labute approximate surface area is 139 Å². The number of aryl methyl sites for hydroxylation is 2. The lowest BCUT2D eigenvalue weighted by atomic mass is 10.1. The van der Waals surface area contributed by atoms with Crippen LogP contribution >= 0.6 is 0 Å². The second-order valence-electron chi connectivity index (χ2n) is 6.30. The van der Waals surface area contributed by atoms with Gasteiger partial charge in [0.15, 0.2) is 0 Å². The van der Waals surface area contributed by atoms with Crippen LogP contribution < -0.4 is 4.72 Å². The number of carbonyl (C=O) groups is 1. The minimum Gasteiger partial charge on any atom is -0.343 e. The van der Waals surface area contributed by atoms with Gasteiger partial charge in [-0.25, -0.2) is 13.1 Å². The highest BCUT2D eigenvalue weighted by atomic mass is 32.2. The molecule has 1 N–H and O–H groups in total. The maximum absolute atomic E-state index is 12.6. The minimum atomic E-state index is -3.51. The van der Waals surface area contributed by atoms with E-state index in [2.05, 4.69) is 4.72 Å². The molecule has 1 aliphatic rings. The van der Waals surface area contributed by atoms with Crippen molar-refractivity contribution in [1.82, 2.24) is 9.62 Å². The molecule has 1 aliphatic heterocycles. The summed E-state index contributed by atoms with van der Waals surface area (Å²) < 4.78 is 27.9. The fraction of sp³-hybridized carbons (Fsp3) is 0.588. The van der Waals surface area contributed by atoms with E-state index in [9.17, 15) is 13.2 Å². The largest absolute Gasteiger partial charge is 0.343 e. The maximum atomic E-state index is 12.6. The van der Waals surface area contributed by atoms with Gasteiger partial charge in [0.05, 0.1) is 4.90 Å². The van der Waals surface area contributed by atoms with Crippen molar-refractivity contribution in [3.05, 3.63) is 29.3 Å². The number of carbonyl (C=O) groups excluding carboxylic acids is 1. The Morgan fingerprint density at radius 1 is 1.26 bits per heavy atom. The fourth-order valence-corrected chi connectivity index (χ4v) is 4.53. The van der Waals surface area contributed by atoms with Crippen LogP contribution in [0.25, 0.3) is 0 Å². The van der Waals surface area contributed by atoms with Crippen LogP contribution in [0, 0.1) is 13.8 Å². The summed E-state index contributed by atoms with van der Waals surface area (Å²) in [4.78, 5) is 14.1. The standard InChI is InChI=1S/C17H26N2O3S/c1-4-5-17(20)19-10-8-15(9-11-19)18-23(21,22)16-7-6-13(2)12-14(16)3/h6-7,12,15,18H,4-5,8-11H2,1-3H3. The predicted molar refractivity (Wildman–Crippen MR) is 90.7 cm³/mol. The lowest BCUT2D eigenvalue weighted by molar-refractivity contribution is -0.132. The molecule has 0 bridgehead atoms. The van der Waals surface area contributed by atoms with Gasteiger partial charge in [-0.05, 0) is 44.7 Å². The molecule has 5 nitrogen and oxygen atoms in total. The van der Waals surface area contributed by atoms with E-state index in [4.69, 9.17) is 0 Å². The molecule has 0 spiro atoms. The molecule has 0 unspecified atom stereocenters. The molecular formula is C17H26N2O3S. The molecule has 0 atom stereocenters. The van der Waals surface area contributed by atoms with Crippen molar-refractivity contribution in [3.63, 3.8) is 0 Å². The minimum absolute atomic E-state index is 0.105. The SMILES string of the molecule is CCCC(=O)N1CCC(NS(=O)(=O)c2ccc(C)cc2C)CC1. The van der Waals surface area contributed by atoms with Crippen molar-refractivity contribution in [2.24, 2.45) is 0 Å². The molecule has 0 aromatic heterocycles. The zero-order valence-corrected chi connectivity index (χ0v) is 14.9. The van der Waals surface area contributed by atoms with E-state index >= 15 is 0 Å². The molecule has 1 amide bonds. The number of amides is 1. The van der Waals surface area contributed by atoms with Crippen LogP contribution in [0.4, 0.5) is 0 Å². The highest BCUT2D eigenvalue weighted by molar-refractivity contribution is 7.89. The van der Waals surface area contributed by atoms with Crippen LogP contribution in [0.1, 0.15) is 43.7 Å². The number of nitrogens with one attached hydrogen (secondary N) is 1. The summed E-state index contributed by atoms with van der Waals surface area (Å²) in [6.07, 6.45) is 2.75. The molecule has 0 aliphatic carbocycles. The Bertz CT molecular complexity index is 662. The number of rotatable bonds is 5. The summed E-state index contributed by atoms with van der Waals surface area (Å²) in [6, 6.07) is 5.24. The summed E-state index contributed by atoms with van der Waals surface area (Å²) >= 11 is 0. The number of benzene rings is 1. The van der Waals surface area contributed by atoms with Gasteiger partial charge in [0.2, 0.25) is 15.9 Å². The third kappa shape index (κ3) is 4.54. The van der Waals surface area contributed by atoms with E-state index in [1.54, 1.807) is 6.07 Å². The molecular weight excluding hydrogens is 312 g/mol. The summed E-state index contributed by atoms with van der Waals surface area (Å²) in [6.45, 7) is 6.99. The van der Waals surface area contributed by atoms with Gasteiger partial charge in [0, 0.05) is 25.6 Å². The van der Waals surface area contributed by atoms with Gasteiger partial charge in [-0.15, -0.1) is 0 Å². The Morgan fingerprint density at radius 3 is 2.48 bits per heavy atom. The van der Waals surface area contributed by atoms with E-state index in [0.717, 1.165) is 17.5 Å². The average Bonchev–Trinajstić information content (AvgIpc) is 2.47. The molecule has 1 heterocycles. The molecule has 1 fully saturated rings. The Balaban J connectivity index is 1.99. The second kappa shape index (κ2) is 7.45. The molecule has 6 heteroatoms. The third-order valence-electron chi connectivity index (χ3n) is 4.25. The zero-order chi connectivity index (χ0) is 17.0. The van der Waals surface area contributed by atoms with Crippen molar-refractivity contribution in [1.29, 1.82) is 0 Å². The Morgan fingerprint density at radius 2 is 1.91 bits per heavy atom. The van der Waals surface area contributed by atoms with E-state index < -0.39 is 10.0 Å². The number of hydrogen-bond acceptors (Lipinski definition) is 3. The van der Waals surface area contributed by atoms with Crippen molar-refractivity contribution in [2.45, 2.75) is 57.4 Å². The van der Waals surface area contributed by atoms with Gasteiger partial charge in [0.1, 0.15) is 0 Å². The summed E-state index contributed by atoms with van der Waals surface area (Å²) in [5, 5.41) is 0. The van der Waals surface area contributed by atoms with Gasteiger partial charge in [-0.2, -0.15) is 0 Å². The first-order valence-electron chi connectivity index (χ1n) is 8.21. The summed E-state index contributed by atoms with van der Waals surface area (Å²) in [7, 11) is -3.51. The predicted octanol–water partition coefficient (Wildman–Crippen LogP) is 2.37. The first-order chi connectivity index (χ1) is 10.8. The Hall–Kier alpha value is -1.40. The normalized spacial score (nSPS) is 16.6. The summed E-state index contributed by atoms with van der Waals surface area (Å²) in [5.74, 6) is 0.170. The second-order valence-corrected chi connectivity index (χ2v) is 7.98. The fourth-order valence-electron chi connectivity index (χ4n) is 3.00. The van der Waals surface area contributed by atoms with Crippen LogP contribution in [-0.2, 0) is 14.8 Å². The average molecular weight is 338 g/mol. The van der Waals surface area contributed by atoms with E-state index in [0.29, 0.717) is 37.2 Å². The summed E-state index contributed by atoms with van der Waals surface area (Å²) in [5.41, 5.74) is 1.80. The van der Waals surface area contributed by atoms with Crippen molar-refractivity contribution in [3.8, 4) is 0 Å². The maximum Gasteiger partial charge on any atom is 0.241 e. The molecule has 2 rings (SSSR count). The van der Waals surface area contributed by atoms with Gasteiger partial charge in [-0.3, -0.25) is 4.79 Å². The van der Waals surface area contributed by atoms with Crippen LogP contribution in [0.5, 0.6) is 0 Å². The highest BCUT2D eigenvalue weighted by Crippen LogP contribution is 2.19. The van der Waals surface area contributed by atoms with Crippen molar-refractivity contribution in [2.75, 3.05) is 13.1 Å². The van der Waals surface area contributed by atoms with Crippen LogP contribution in [0.3, 0.4) is 0 Å². The van der Waals surface area contributed by atoms with Crippen LogP contribution in [-0.4, -0.2) is 38.4 Å². The van der Waals surface area contributed by atoms with Gasteiger partial charge < -0.3 is 4.90 Å². The lowest BCUT2D eigenvalue weighted by Gasteiger charge is -2.32. The van der Waals surface area contributed by atoms with Crippen LogP contribution in [0.15, 0.2) is 23.1 Å². The number of sulfonamides is 1. The highest BCUT2D eigenvalue weighted by Gasteiger charge is 2.27. The molecule has 128 valence electrons. The molecule has 1 aromatic rings. The topological polar surface area (TPSA) is 66.5 Å². The van der Waals surface area contributed by atoms with Crippen molar-refractivity contribution < 1.29 is 13.2 Å². The van der Waals surface area contributed by atoms with Crippen molar-refractivity contribution >= 4 is 15.9 Å². The van der Waals surface area contributed by atoms with Crippen LogP contribution in [0.2, 0.25) is 0 Å². The monoisotopic (exact) mass is 338 g/mol. The number of piperidine rings is 1.